The molecule has 1 aromatic heterocycles. The fourth-order valence-corrected chi connectivity index (χ4v) is 3.11. The quantitative estimate of drug-likeness (QED) is 0.645. The molecule has 0 saturated carbocycles. The van der Waals surface area contributed by atoms with Crippen LogP contribution in [0.25, 0.3) is 11.0 Å². The Morgan fingerprint density at radius 3 is 2.48 bits per heavy atom. The van der Waals surface area contributed by atoms with Crippen molar-refractivity contribution < 1.29 is 9.53 Å². The van der Waals surface area contributed by atoms with Crippen molar-refractivity contribution >= 4 is 16.9 Å². The molecule has 0 aliphatic carbocycles. The Bertz CT molecular complexity index is 1000. The second-order valence-electron chi connectivity index (χ2n) is 6.66. The maximum absolute atomic E-state index is 12.4. The van der Waals surface area contributed by atoms with Gasteiger partial charge < -0.3 is 9.64 Å². The van der Waals surface area contributed by atoms with E-state index in [1.165, 1.54) is 0 Å². The van der Waals surface area contributed by atoms with Crippen LogP contribution in [0.3, 0.4) is 0 Å². The Balaban J connectivity index is 1.56. The molecule has 0 atom stereocenters. The number of carbonyl (C=O) groups is 1. The molecule has 0 aliphatic heterocycles. The van der Waals surface area contributed by atoms with E-state index in [-0.39, 0.29) is 18.0 Å². The molecule has 3 rings (SSSR count). The third kappa shape index (κ3) is 4.05. The molecule has 0 saturated heterocycles. The van der Waals surface area contributed by atoms with E-state index in [0.717, 1.165) is 22.3 Å². The van der Waals surface area contributed by atoms with Gasteiger partial charge >= 0.3 is 5.69 Å². The first-order valence-electron chi connectivity index (χ1n) is 9.05. The summed E-state index contributed by atoms with van der Waals surface area (Å²) in [6, 6.07) is 15.4. The molecule has 1 heterocycles. The molecule has 0 unspecified atom stereocenters. The van der Waals surface area contributed by atoms with E-state index in [4.69, 9.17) is 4.74 Å². The number of hydrogen-bond acceptors (Lipinski definition) is 3. The predicted molar refractivity (Wildman–Crippen MR) is 106 cm³/mol. The molecule has 2 aromatic carbocycles. The maximum atomic E-state index is 12.4. The number of aryl methyl sites for hydroxylation is 3. The van der Waals surface area contributed by atoms with Gasteiger partial charge in [0.25, 0.3) is 0 Å². The van der Waals surface area contributed by atoms with Crippen molar-refractivity contribution in [1.82, 2.24) is 14.0 Å². The number of aromatic nitrogens is 2. The fraction of sp³-hybridized carbons (Fsp3) is 0.333. The minimum absolute atomic E-state index is 0.0109. The Labute approximate surface area is 158 Å². The van der Waals surface area contributed by atoms with E-state index in [1.807, 2.05) is 55.5 Å². The van der Waals surface area contributed by atoms with Gasteiger partial charge in [0.2, 0.25) is 5.91 Å². The lowest BCUT2D eigenvalue weighted by molar-refractivity contribution is -0.130. The van der Waals surface area contributed by atoms with Crippen LogP contribution in [0.1, 0.15) is 12.0 Å². The van der Waals surface area contributed by atoms with Crippen molar-refractivity contribution in [2.45, 2.75) is 19.9 Å². The van der Waals surface area contributed by atoms with E-state index in [1.54, 1.807) is 28.1 Å². The standard InChI is InChI=1S/C21H25N3O3/c1-16-8-4-7-11-19(16)27-15-14-22(2)20(25)12-13-24-18-10-6-5-9-17(18)23(3)21(24)26/h4-11H,12-15H2,1-3H3. The lowest BCUT2D eigenvalue weighted by Crippen LogP contribution is -2.32. The lowest BCUT2D eigenvalue weighted by atomic mass is 10.2. The number of imidazole rings is 1. The third-order valence-corrected chi connectivity index (χ3v) is 4.80. The molecule has 6 heteroatoms. The van der Waals surface area contributed by atoms with Crippen LogP contribution in [-0.4, -0.2) is 40.1 Å². The number of para-hydroxylation sites is 3. The first-order valence-corrected chi connectivity index (χ1v) is 9.05. The molecule has 0 bridgehead atoms. The normalized spacial score (nSPS) is 10.9. The van der Waals surface area contributed by atoms with Crippen LogP contribution < -0.4 is 10.4 Å². The minimum Gasteiger partial charge on any atom is -0.491 e. The summed E-state index contributed by atoms with van der Waals surface area (Å²) in [5, 5.41) is 0. The van der Waals surface area contributed by atoms with E-state index in [2.05, 4.69) is 0 Å². The summed E-state index contributed by atoms with van der Waals surface area (Å²) in [6.45, 7) is 3.28. The van der Waals surface area contributed by atoms with Crippen molar-refractivity contribution in [3.05, 3.63) is 64.6 Å². The van der Waals surface area contributed by atoms with Crippen molar-refractivity contribution in [3.8, 4) is 5.75 Å². The van der Waals surface area contributed by atoms with Crippen LogP contribution in [0.5, 0.6) is 5.75 Å². The number of likely N-dealkylation sites (N-methyl/N-ethyl adjacent to an activating group) is 1. The summed E-state index contributed by atoms with van der Waals surface area (Å²) in [7, 11) is 3.51. The zero-order valence-electron chi connectivity index (χ0n) is 16.0. The summed E-state index contributed by atoms with van der Waals surface area (Å²) in [5.74, 6) is 0.823. The van der Waals surface area contributed by atoms with Crippen LogP contribution in [0.15, 0.2) is 53.3 Å². The molecule has 0 N–H and O–H groups in total. The second-order valence-corrected chi connectivity index (χ2v) is 6.66. The maximum Gasteiger partial charge on any atom is 0.328 e. The minimum atomic E-state index is -0.102. The summed E-state index contributed by atoms with van der Waals surface area (Å²) in [4.78, 5) is 26.5. The largest absolute Gasteiger partial charge is 0.491 e. The van der Waals surface area contributed by atoms with Gasteiger partial charge in [-0.1, -0.05) is 30.3 Å². The van der Waals surface area contributed by atoms with E-state index in [9.17, 15) is 9.59 Å². The summed E-state index contributed by atoms with van der Waals surface area (Å²) >= 11 is 0. The highest BCUT2D eigenvalue weighted by Crippen LogP contribution is 2.16. The van der Waals surface area contributed by atoms with Gasteiger partial charge in [0, 0.05) is 27.1 Å². The number of rotatable bonds is 7. The molecule has 27 heavy (non-hydrogen) atoms. The van der Waals surface area contributed by atoms with E-state index in [0.29, 0.717) is 19.7 Å². The molecular formula is C21H25N3O3. The summed E-state index contributed by atoms with van der Waals surface area (Å²) in [6.07, 6.45) is 0.273. The second kappa shape index (κ2) is 8.12. The highest BCUT2D eigenvalue weighted by Gasteiger charge is 2.13. The third-order valence-electron chi connectivity index (χ3n) is 4.80. The number of ether oxygens (including phenoxy) is 1. The van der Waals surface area contributed by atoms with Gasteiger partial charge in [-0.3, -0.25) is 13.9 Å². The monoisotopic (exact) mass is 367 g/mol. The SMILES string of the molecule is Cc1ccccc1OCCN(C)C(=O)CCn1c(=O)n(C)c2ccccc21. The van der Waals surface area contributed by atoms with Crippen LogP contribution in [0, 0.1) is 6.92 Å². The Morgan fingerprint density at radius 2 is 1.74 bits per heavy atom. The topological polar surface area (TPSA) is 56.5 Å². The van der Waals surface area contributed by atoms with E-state index < -0.39 is 0 Å². The van der Waals surface area contributed by atoms with Crippen molar-refractivity contribution in [2.75, 3.05) is 20.2 Å². The van der Waals surface area contributed by atoms with Crippen LogP contribution in [0.2, 0.25) is 0 Å². The molecule has 0 spiro atoms. The molecule has 0 radical (unpaired) electrons. The lowest BCUT2D eigenvalue weighted by Gasteiger charge is -2.18. The molecule has 6 nitrogen and oxygen atoms in total. The number of amides is 1. The highest BCUT2D eigenvalue weighted by atomic mass is 16.5. The summed E-state index contributed by atoms with van der Waals surface area (Å²) < 4.78 is 9.02. The number of carbonyl (C=O) groups excluding carboxylic acids is 1. The molecule has 3 aromatic rings. The van der Waals surface area contributed by atoms with Gasteiger partial charge in [-0.25, -0.2) is 4.79 Å². The van der Waals surface area contributed by atoms with Gasteiger partial charge in [-0.15, -0.1) is 0 Å². The number of benzene rings is 2. The fourth-order valence-electron chi connectivity index (χ4n) is 3.11. The van der Waals surface area contributed by atoms with Gasteiger partial charge in [0.15, 0.2) is 0 Å². The van der Waals surface area contributed by atoms with Crippen LogP contribution >= 0.6 is 0 Å². The van der Waals surface area contributed by atoms with Crippen LogP contribution in [-0.2, 0) is 18.4 Å². The predicted octanol–water partition coefficient (Wildman–Crippen LogP) is 2.58. The molecule has 0 aliphatic rings. The zero-order valence-corrected chi connectivity index (χ0v) is 16.0. The Morgan fingerprint density at radius 1 is 1.07 bits per heavy atom. The highest BCUT2D eigenvalue weighted by molar-refractivity contribution is 5.77. The Hall–Kier alpha value is -3.02. The van der Waals surface area contributed by atoms with Gasteiger partial charge in [-0.2, -0.15) is 0 Å². The zero-order chi connectivity index (χ0) is 19.4. The van der Waals surface area contributed by atoms with Crippen molar-refractivity contribution in [2.24, 2.45) is 7.05 Å². The molecule has 1 amide bonds. The first kappa shape index (κ1) is 18.8. The smallest absolute Gasteiger partial charge is 0.328 e. The van der Waals surface area contributed by atoms with Crippen molar-refractivity contribution in [1.29, 1.82) is 0 Å². The van der Waals surface area contributed by atoms with Crippen LogP contribution in [0.4, 0.5) is 0 Å². The molecular weight excluding hydrogens is 342 g/mol. The Kier molecular flexibility index (Phi) is 5.64. The van der Waals surface area contributed by atoms with Gasteiger partial charge in [-0.05, 0) is 30.7 Å². The van der Waals surface area contributed by atoms with Gasteiger partial charge in [0.05, 0.1) is 17.6 Å². The number of nitrogens with zero attached hydrogens (tertiary/aromatic N) is 3. The average Bonchev–Trinajstić information content (AvgIpc) is 2.92. The van der Waals surface area contributed by atoms with Gasteiger partial charge in [0.1, 0.15) is 12.4 Å². The number of hydrogen-bond donors (Lipinski definition) is 0. The summed E-state index contributed by atoms with van der Waals surface area (Å²) in [5.41, 5.74) is 2.69. The average molecular weight is 367 g/mol. The first-order chi connectivity index (χ1) is 13.0. The molecule has 0 fully saturated rings. The molecule has 142 valence electrons. The van der Waals surface area contributed by atoms with E-state index >= 15 is 0 Å². The number of fused-ring (bicyclic) bond motifs is 1. The van der Waals surface area contributed by atoms with Crippen molar-refractivity contribution in [3.63, 3.8) is 0 Å².